The first kappa shape index (κ1) is 19.0. The average Bonchev–Trinajstić information content (AvgIpc) is 2.52. The predicted molar refractivity (Wildman–Crippen MR) is 92.4 cm³/mol. The summed E-state index contributed by atoms with van der Waals surface area (Å²) in [6, 6.07) is 3.67. The van der Waals surface area contributed by atoms with Crippen molar-refractivity contribution in [2.45, 2.75) is 33.6 Å². The molecule has 0 unspecified atom stereocenters. The van der Waals surface area contributed by atoms with Crippen LogP contribution in [-0.2, 0) is 9.59 Å². The van der Waals surface area contributed by atoms with Crippen molar-refractivity contribution < 1.29 is 19.4 Å². The van der Waals surface area contributed by atoms with Gasteiger partial charge in [-0.2, -0.15) is 0 Å². The predicted octanol–water partition coefficient (Wildman–Crippen LogP) is 2.92. The van der Waals surface area contributed by atoms with Crippen LogP contribution in [0.15, 0.2) is 40.7 Å². The lowest BCUT2D eigenvalue weighted by molar-refractivity contribution is -0.423. The zero-order valence-corrected chi connectivity index (χ0v) is 14.7. The van der Waals surface area contributed by atoms with E-state index in [0.29, 0.717) is 11.4 Å². The third kappa shape index (κ3) is 3.10. The largest absolute Gasteiger partial charge is 0.362 e. The lowest BCUT2D eigenvalue weighted by Crippen LogP contribution is -2.30. The summed E-state index contributed by atoms with van der Waals surface area (Å²) in [5, 5.41) is 25.8. The van der Waals surface area contributed by atoms with Crippen molar-refractivity contribution in [1.29, 1.82) is 0 Å². The Morgan fingerprint density at radius 1 is 0.962 bits per heavy atom. The molecule has 2 rings (SSSR count). The van der Waals surface area contributed by atoms with E-state index in [1.807, 2.05) is 0 Å². The fraction of sp³-hybridized carbons (Fsp3) is 0.294. The number of dihydropyridines is 1. The van der Waals surface area contributed by atoms with Crippen LogP contribution in [0.2, 0.25) is 0 Å². The number of nitro groups is 2. The van der Waals surface area contributed by atoms with E-state index in [1.165, 1.54) is 26.0 Å². The Balaban J connectivity index is 2.93. The molecule has 136 valence electrons. The molecule has 0 aliphatic carbocycles. The van der Waals surface area contributed by atoms with Gasteiger partial charge in [-0.25, -0.2) is 0 Å². The quantitative estimate of drug-likeness (QED) is 0.631. The summed E-state index contributed by atoms with van der Waals surface area (Å²) in [5.41, 5.74) is -0.222. The molecule has 1 heterocycles. The third-order valence-electron chi connectivity index (χ3n) is 4.26. The van der Waals surface area contributed by atoms with E-state index in [4.69, 9.17) is 0 Å². The minimum Gasteiger partial charge on any atom is -0.362 e. The summed E-state index contributed by atoms with van der Waals surface area (Å²) in [4.78, 5) is 45.6. The van der Waals surface area contributed by atoms with Gasteiger partial charge in [0.2, 0.25) is 0 Å². The van der Waals surface area contributed by atoms with Crippen molar-refractivity contribution >= 4 is 22.9 Å². The van der Waals surface area contributed by atoms with Gasteiger partial charge in [0, 0.05) is 34.2 Å². The van der Waals surface area contributed by atoms with Crippen LogP contribution in [0.4, 0.5) is 11.4 Å². The molecule has 0 bridgehead atoms. The first-order valence-electron chi connectivity index (χ1n) is 7.70. The van der Waals surface area contributed by atoms with Gasteiger partial charge in [-0.1, -0.05) is 12.1 Å². The van der Waals surface area contributed by atoms with Crippen LogP contribution in [0.5, 0.6) is 0 Å². The number of carbonyl (C=O) groups is 2. The van der Waals surface area contributed by atoms with Crippen LogP contribution in [-0.4, -0.2) is 21.4 Å². The standard InChI is InChI=1S/C17H17N3O6/c1-8-14(10(3)21)16(15(11(4)22)9(2)18-8)12-6-5-7-13(19(23)24)17(12)20(25)26/h5-7,16,18H,1-4H3. The Bertz CT molecular complexity index is 877. The molecular weight excluding hydrogens is 342 g/mol. The van der Waals surface area contributed by atoms with Crippen molar-refractivity contribution in [2.75, 3.05) is 0 Å². The maximum atomic E-state index is 12.2. The molecule has 9 heteroatoms. The van der Waals surface area contributed by atoms with Crippen LogP contribution < -0.4 is 5.32 Å². The highest BCUT2D eigenvalue weighted by Crippen LogP contribution is 2.44. The highest BCUT2D eigenvalue weighted by molar-refractivity contribution is 6.04. The minimum atomic E-state index is -1.05. The van der Waals surface area contributed by atoms with Gasteiger partial charge < -0.3 is 5.32 Å². The normalized spacial score (nSPS) is 14.9. The van der Waals surface area contributed by atoms with Gasteiger partial charge in [-0.15, -0.1) is 0 Å². The maximum Gasteiger partial charge on any atom is 0.350 e. The van der Waals surface area contributed by atoms with Gasteiger partial charge in [0.25, 0.3) is 0 Å². The highest BCUT2D eigenvalue weighted by atomic mass is 16.6. The second-order valence-corrected chi connectivity index (χ2v) is 5.98. The van der Waals surface area contributed by atoms with Crippen molar-refractivity contribution in [3.05, 3.63) is 66.5 Å². The van der Waals surface area contributed by atoms with E-state index >= 15 is 0 Å². The molecule has 0 saturated carbocycles. The summed E-state index contributed by atoms with van der Waals surface area (Å²) < 4.78 is 0. The van der Waals surface area contributed by atoms with Crippen LogP contribution in [0, 0.1) is 20.2 Å². The van der Waals surface area contributed by atoms with E-state index < -0.39 is 27.1 Å². The molecule has 9 nitrogen and oxygen atoms in total. The number of allylic oxidation sites excluding steroid dienone is 4. The molecule has 0 fully saturated rings. The van der Waals surface area contributed by atoms with E-state index in [9.17, 15) is 29.8 Å². The number of Topliss-reactive ketones (excluding diaryl/α,β-unsaturated/α-hetero) is 2. The van der Waals surface area contributed by atoms with E-state index in [-0.39, 0.29) is 28.3 Å². The van der Waals surface area contributed by atoms with Gasteiger partial charge in [-0.3, -0.25) is 29.8 Å². The van der Waals surface area contributed by atoms with Crippen molar-refractivity contribution in [3.8, 4) is 0 Å². The number of nitrogens with one attached hydrogen (secondary N) is 1. The number of para-hydroxylation sites is 1. The van der Waals surface area contributed by atoms with Gasteiger partial charge in [0.1, 0.15) is 0 Å². The molecule has 1 aliphatic rings. The Morgan fingerprint density at radius 3 is 1.85 bits per heavy atom. The number of nitrogens with zero attached hydrogens (tertiary/aromatic N) is 2. The molecular formula is C17H17N3O6. The first-order chi connectivity index (χ1) is 12.1. The summed E-state index contributed by atoms with van der Waals surface area (Å²) >= 11 is 0. The smallest absolute Gasteiger partial charge is 0.350 e. The summed E-state index contributed by atoms with van der Waals surface area (Å²) in [6.07, 6.45) is 0. The number of rotatable bonds is 5. The Labute approximate surface area is 148 Å². The average molecular weight is 359 g/mol. The lowest BCUT2D eigenvalue weighted by Gasteiger charge is -2.30. The van der Waals surface area contributed by atoms with E-state index in [1.54, 1.807) is 13.8 Å². The Morgan fingerprint density at radius 2 is 1.46 bits per heavy atom. The summed E-state index contributed by atoms with van der Waals surface area (Å²) in [6.45, 7) is 5.81. The lowest BCUT2D eigenvalue weighted by atomic mass is 9.77. The zero-order valence-electron chi connectivity index (χ0n) is 14.7. The second kappa shape index (κ2) is 6.87. The van der Waals surface area contributed by atoms with Gasteiger partial charge in [0.05, 0.1) is 15.8 Å². The molecule has 1 N–H and O–H groups in total. The molecule has 0 amide bonds. The molecule has 1 aliphatic heterocycles. The van der Waals surface area contributed by atoms with E-state index in [0.717, 1.165) is 6.07 Å². The number of hydrogen-bond acceptors (Lipinski definition) is 7. The summed E-state index contributed by atoms with van der Waals surface area (Å²) in [5.74, 6) is -1.81. The second-order valence-electron chi connectivity index (χ2n) is 5.98. The van der Waals surface area contributed by atoms with E-state index in [2.05, 4.69) is 5.32 Å². The molecule has 0 saturated heterocycles. The topological polar surface area (TPSA) is 132 Å². The van der Waals surface area contributed by atoms with Crippen molar-refractivity contribution in [1.82, 2.24) is 5.32 Å². The molecule has 1 aromatic rings. The minimum absolute atomic E-state index is 0.0557. The number of hydrogen-bond donors (Lipinski definition) is 1. The first-order valence-corrected chi connectivity index (χ1v) is 7.70. The van der Waals surface area contributed by atoms with Crippen LogP contribution in [0.25, 0.3) is 0 Å². The van der Waals surface area contributed by atoms with Crippen molar-refractivity contribution in [2.24, 2.45) is 0 Å². The van der Waals surface area contributed by atoms with Crippen LogP contribution >= 0.6 is 0 Å². The van der Waals surface area contributed by atoms with Gasteiger partial charge >= 0.3 is 11.4 Å². The number of ketones is 2. The van der Waals surface area contributed by atoms with Crippen LogP contribution in [0.3, 0.4) is 0 Å². The van der Waals surface area contributed by atoms with Gasteiger partial charge in [-0.05, 0) is 27.7 Å². The number of carbonyl (C=O) groups excluding carboxylic acids is 2. The fourth-order valence-electron chi connectivity index (χ4n) is 3.37. The Kier molecular flexibility index (Phi) is 5.01. The number of benzene rings is 1. The van der Waals surface area contributed by atoms with Gasteiger partial charge in [0.15, 0.2) is 11.6 Å². The monoisotopic (exact) mass is 359 g/mol. The third-order valence-corrected chi connectivity index (χ3v) is 4.26. The number of nitro benzene ring substituents is 2. The molecule has 0 aromatic heterocycles. The zero-order chi connectivity index (χ0) is 19.8. The molecule has 26 heavy (non-hydrogen) atoms. The molecule has 0 atom stereocenters. The SMILES string of the molecule is CC(=O)C1=C(C)NC(C)=C(C(C)=O)C1c1cccc([N+](=O)[O-])c1[N+](=O)[O-]. The summed E-state index contributed by atoms with van der Waals surface area (Å²) in [7, 11) is 0. The molecule has 0 radical (unpaired) electrons. The van der Waals surface area contributed by atoms with Crippen LogP contribution in [0.1, 0.15) is 39.2 Å². The highest BCUT2D eigenvalue weighted by Gasteiger charge is 2.40. The molecule has 0 spiro atoms. The maximum absolute atomic E-state index is 12.2. The Hall–Kier alpha value is -3.36. The molecule has 1 aromatic carbocycles. The fourth-order valence-corrected chi connectivity index (χ4v) is 3.37. The van der Waals surface area contributed by atoms with Crippen molar-refractivity contribution in [3.63, 3.8) is 0 Å².